The SMILES string of the molecule is C=CC(=O)Nc1ccccc1Nc1nc(Nc2cc(OC)nc(C3CCCCCCC3)c2)ncc1C(F)(F)F. The molecule has 2 heterocycles. The van der Waals surface area contributed by atoms with Gasteiger partial charge in [0.15, 0.2) is 0 Å². The molecule has 3 aromatic rings. The number of anilines is 5. The normalized spacial score (nSPS) is 14.6. The number of para-hydroxylation sites is 2. The maximum atomic E-state index is 13.8. The smallest absolute Gasteiger partial charge is 0.421 e. The van der Waals surface area contributed by atoms with Gasteiger partial charge in [-0.15, -0.1) is 0 Å². The van der Waals surface area contributed by atoms with E-state index in [0.717, 1.165) is 43.7 Å². The molecule has 3 N–H and O–H groups in total. The molecule has 1 aliphatic carbocycles. The number of methoxy groups -OCH3 is 1. The van der Waals surface area contributed by atoms with Crippen LogP contribution in [0, 0.1) is 0 Å². The second kappa shape index (κ2) is 12.6. The quantitative estimate of drug-likeness (QED) is 0.257. The molecule has 206 valence electrons. The number of aromatic nitrogens is 3. The van der Waals surface area contributed by atoms with Crippen LogP contribution in [0.5, 0.6) is 5.88 Å². The molecule has 0 radical (unpaired) electrons. The van der Waals surface area contributed by atoms with Crippen LogP contribution < -0.4 is 20.7 Å². The first kappa shape index (κ1) is 27.9. The number of rotatable bonds is 8. The molecule has 1 saturated carbocycles. The van der Waals surface area contributed by atoms with Crippen LogP contribution in [0.3, 0.4) is 0 Å². The zero-order chi connectivity index (χ0) is 27.8. The summed E-state index contributed by atoms with van der Waals surface area (Å²) >= 11 is 0. The van der Waals surface area contributed by atoms with Crippen molar-refractivity contribution in [3.63, 3.8) is 0 Å². The Balaban J connectivity index is 1.65. The maximum absolute atomic E-state index is 13.8. The van der Waals surface area contributed by atoms with E-state index >= 15 is 0 Å². The maximum Gasteiger partial charge on any atom is 0.421 e. The Morgan fingerprint density at radius 2 is 1.72 bits per heavy atom. The number of benzene rings is 1. The molecule has 1 fully saturated rings. The first-order valence-electron chi connectivity index (χ1n) is 12.8. The molecule has 4 rings (SSSR count). The zero-order valence-corrected chi connectivity index (χ0v) is 21.6. The van der Waals surface area contributed by atoms with Crippen LogP contribution in [0.25, 0.3) is 0 Å². The minimum absolute atomic E-state index is 0.0463. The third-order valence-corrected chi connectivity index (χ3v) is 6.53. The molecule has 1 aliphatic rings. The number of alkyl halides is 3. The number of carbonyl (C=O) groups excluding carboxylic acids is 1. The van der Waals surface area contributed by atoms with E-state index in [0.29, 0.717) is 11.6 Å². The Morgan fingerprint density at radius 3 is 2.38 bits per heavy atom. The van der Waals surface area contributed by atoms with E-state index in [9.17, 15) is 18.0 Å². The molecule has 0 spiro atoms. The van der Waals surface area contributed by atoms with Gasteiger partial charge in [0.1, 0.15) is 11.4 Å². The first-order valence-corrected chi connectivity index (χ1v) is 12.8. The molecule has 0 saturated heterocycles. The van der Waals surface area contributed by atoms with Crippen molar-refractivity contribution in [2.45, 2.75) is 57.0 Å². The molecule has 0 bridgehead atoms. The molecule has 2 aromatic heterocycles. The molecule has 39 heavy (non-hydrogen) atoms. The van der Waals surface area contributed by atoms with Crippen molar-refractivity contribution < 1.29 is 22.7 Å². The van der Waals surface area contributed by atoms with Crippen molar-refractivity contribution >= 4 is 34.7 Å². The summed E-state index contributed by atoms with van der Waals surface area (Å²) in [7, 11) is 1.52. The van der Waals surface area contributed by atoms with Gasteiger partial charge in [0.05, 0.1) is 18.5 Å². The molecule has 0 unspecified atom stereocenters. The Labute approximate surface area is 225 Å². The second-order valence-corrected chi connectivity index (χ2v) is 9.31. The second-order valence-electron chi connectivity index (χ2n) is 9.31. The number of pyridine rings is 1. The van der Waals surface area contributed by atoms with Gasteiger partial charge < -0.3 is 20.7 Å². The fourth-order valence-corrected chi connectivity index (χ4v) is 4.55. The first-order chi connectivity index (χ1) is 18.8. The lowest BCUT2D eigenvalue weighted by atomic mass is 9.88. The minimum Gasteiger partial charge on any atom is -0.481 e. The molecule has 1 aromatic carbocycles. The highest BCUT2D eigenvalue weighted by Gasteiger charge is 2.35. The van der Waals surface area contributed by atoms with Crippen LogP contribution in [0.2, 0.25) is 0 Å². The van der Waals surface area contributed by atoms with Crippen molar-refractivity contribution in [2.24, 2.45) is 0 Å². The Kier molecular flexibility index (Phi) is 9.00. The van der Waals surface area contributed by atoms with Crippen LogP contribution in [-0.2, 0) is 11.0 Å². The lowest BCUT2D eigenvalue weighted by Gasteiger charge is -2.21. The number of hydrogen-bond acceptors (Lipinski definition) is 7. The van der Waals surface area contributed by atoms with Crippen LogP contribution in [0.15, 0.2) is 55.3 Å². The average molecular weight is 541 g/mol. The van der Waals surface area contributed by atoms with Crippen molar-refractivity contribution in [1.82, 2.24) is 15.0 Å². The van der Waals surface area contributed by atoms with Crippen molar-refractivity contribution in [3.8, 4) is 5.88 Å². The van der Waals surface area contributed by atoms with Crippen LogP contribution >= 0.6 is 0 Å². The number of ether oxygens (including phenoxy) is 1. The molecule has 0 atom stereocenters. The number of halogens is 3. The summed E-state index contributed by atoms with van der Waals surface area (Å²) in [5.74, 6) is -0.350. The van der Waals surface area contributed by atoms with Gasteiger partial charge in [0.25, 0.3) is 0 Å². The van der Waals surface area contributed by atoms with E-state index in [4.69, 9.17) is 4.74 Å². The van der Waals surface area contributed by atoms with Crippen molar-refractivity contribution in [1.29, 1.82) is 0 Å². The summed E-state index contributed by atoms with van der Waals surface area (Å²) in [5.41, 5.74) is 0.867. The predicted molar refractivity (Wildman–Crippen MR) is 145 cm³/mol. The molecule has 8 nitrogen and oxygen atoms in total. The van der Waals surface area contributed by atoms with E-state index in [1.54, 1.807) is 24.3 Å². The van der Waals surface area contributed by atoms with Crippen LogP contribution in [-0.4, -0.2) is 28.0 Å². The van der Waals surface area contributed by atoms with Crippen molar-refractivity contribution in [3.05, 3.63) is 66.5 Å². The number of hydrogen-bond donors (Lipinski definition) is 3. The molecular weight excluding hydrogens is 509 g/mol. The van der Waals surface area contributed by atoms with Gasteiger partial charge in [-0.05, 0) is 37.1 Å². The summed E-state index contributed by atoms with van der Waals surface area (Å²) in [6.07, 6.45) is 5.00. The van der Waals surface area contributed by atoms with E-state index in [2.05, 4.69) is 37.5 Å². The average Bonchev–Trinajstić information content (AvgIpc) is 2.88. The fraction of sp³-hybridized carbons (Fsp3) is 0.357. The van der Waals surface area contributed by atoms with E-state index in [-0.39, 0.29) is 23.2 Å². The van der Waals surface area contributed by atoms with Crippen LogP contribution in [0.1, 0.15) is 62.1 Å². The van der Waals surface area contributed by atoms with Gasteiger partial charge in [0.2, 0.25) is 17.7 Å². The number of nitrogens with zero attached hydrogens (tertiary/aromatic N) is 3. The third kappa shape index (κ3) is 7.46. The summed E-state index contributed by atoms with van der Waals surface area (Å²) in [4.78, 5) is 24.5. The third-order valence-electron chi connectivity index (χ3n) is 6.53. The summed E-state index contributed by atoms with van der Waals surface area (Å²) < 4.78 is 46.9. The van der Waals surface area contributed by atoms with E-state index in [1.165, 1.54) is 32.4 Å². The molecular formula is C28H31F3N6O2. The Bertz CT molecular complexity index is 1310. The van der Waals surface area contributed by atoms with Gasteiger partial charge >= 0.3 is 6.18 Å². The molecule has 1 amide bonds. The number of nitrogens with one attached hydrogen (secondary N) is 3. The molecule has 0 aliphatic heterocycles. The highest BCUT2D eigenvalue weighted by molar-refractivity contribution is 6.01. The fourth-order valence-electron chi connectivity index (χ4n) is 4.55. The monoisotopic (exact) mass is 540 g/mol. The summed E-state index contributed by atoms with van der Waals surface area (Å²) in [5, 5.41) is 8.29. The zero-order valence-electron chi connectivity index (χ0n) is 21.6. The van der Waals surface area contributed by atoms with Gasteiger partial charge in [-0.3, -0.25) is 4.79 Å². The summed E-state index contributed by atoms with van der Waals surface area (Å²) in [6, 6.07) is 9.88. The molecule has 11 heteroatoms. The van der Waals surface area contributed by atoms with Gasteiger partial charge in [-0.2, -0.15) is 18.2 Å². The van der Waals surface area contributed by atoms with Gasteiger partial charge in [-0.1, -0.05) is 50.8 Å². The predicted octanol–water partition coefficient (Wildman–Crippen LogP) is 7.34. The highest BCUT2D eigenvalue weighted by Crippen LogP contribution is 2.37. The summed E-state index contributed by atoms with van der Waals surface area (Å²) in [6.45, 7) is 3.40. The topological polar surface area (TPSA) is 101 Å². The van der Waals surface area contributed by atoms with Crippen LogP contribution in [0.4, 0.5) is 42.0 Å². The van der Waals surface area contributed by atoms with Crippen molar-refractivity contribution in [2.75, 3.05) is 23.1 Å². The standard InChI is InChI=1S/C28H31F3N6O2/c1-3-24(38)34-21-13-9-10-14-22(21)36-26-20(28(29,30)31)17-32-27(37-26)33-19-15-23(35-25(16-19)39-2)18-11-7-5-4-6-8-12-18/h3,9-10,13-18H,1,4-8,11-12H2,2H3,(H,34,38)(H2,32,33,35,36,37). The number of carbonyl (C=O) groups is 1. The lowest BCUT2D eigenvalue weighted by molar-refractivity contribution is -0.137. The minimum atomic E-state index is -4.72. The lowest BCUT2D eigenvalue weighted by Crippen LogP contribution is -2.14. The highest BCUT2D eigenvalue weighted by atomic mass is 19.4. The Morgan fingerprint density at radius 1 is 1.03 bits per heavy atom. The largest absolute Gasteiger partial charge is 0.481 e. The van der Waals surface area contributed by atoms with E-state index in [1.807, 2.05) is 6.07 Å². The number of amides is 1. The van der Waals surface area contributed by atoms with Gasteiger partial charge in [0, 0.05) is 29.6 Å². The Hall–Kier alpha value is -4.15. The van der Waals surface area contributed by atoms with Gasteiger partial charge in [-0.25, -0.2) is 9.97 Å². The van der Waals surface area contributed by atoms with E-state index < -0.39 is 23.5 Å².